The van der Waals surface area contributed by atoms with Crippen molar-refractivity contribution in [2.24, 2.45) is 5.92 Å². The van der Waals surface area contributed by atoms with Crippen LogP contribution >= 0.6 is 0 Å². The lowest BCUT2D eigenvalue weighted by Crippen LogP contribution is -2.50. The molecule has 2 aliphatic rings. The summed E-state index contributed by atoms with van der Waals surface area (Å²) in [6.07, 6.45) is 1.80. The van der Waals surface area contributed by atoms with Crippen molar-refractivity contribution >= 4 is 17.3 Å². The van der Waals surface area contributed by atoms with Gasteiger partial charge in [-0.05, 0) is 30.9 Å². The van der Waals surface area contributed by atoms with E-state index in [1.165, 1.54) is 0 Å². The van der Waals surface area contributed by atoms with Crippen LogP contribution in [0.15, 0.2) is 24.3 Å². The normalized spacial score (nSPS) is 22.6. The summed E-state index contributed by atoms with van der Waals surface area (Å²) in [7, 11) is 0. The van der Waals surface area contributed by atoms with Gasteiger partial charge in [0.2, 0.25) is 5.91 Å². The predicted molar refractivity (Wildman–Crippen MR) is 78.7 cm³/mol. The summed E-state index contributed by atoms with van der Waals surface area (Å²) in [6, 6.07) is 7.74. The van der Waals surface area contributed by atoms with E-state index < -0.39 is 0 Å². The molecule has 0 saturated carbocycles. The average molecular weight is 275 g/mol. The number of fused-ring (bicyclic) bond motifs is 1. The van der Waals surface area contributed by atoms with E-state index >= 15 is 0 Å². The Morgan fingerprint density at radius 3 is 2.65 bits per heavy atom. The first-order valence-corrected chi connectivity index (χ1v) is 7.27. The number of benzene rings is 1. The van der Waals surface area contributed by atoms with Crippen molar-refractivity contribution in [3.05, 3.63) is 24.3 Å². The molecule has 1 saturated heterocycles. The van der Waals surface area contributed by atoms with Crippen LogP contribution in [0.4, 0.5) is 11.4 Å². The van der Waals surface area contributed by atoms with Gasteiger partial charge in [-0.3, -0.25) is 4.79 Å². The Labute approximate surface area is 119 Å². The maximum atomic E-state index is 12.5. The van der Waals surface area contributed by atoms with Crippen molar-refractivity contribution in [3.63, 3.8) is 0 Å². The summed E-state index contributed by atoms with van der Waals surface area (Å²) >= 11 is 0. The summed E-state index contributed by atoms with van der Waals surface area (Å²) in [4.78, 5) is 14.4. The number of likely N-dealkylation sites (tertiary alicyclic amines) is 1. The Balaban J connectivity index is 1.62. The minimum absolute atomic E-state index is 0.156. The Hall–Kier alpha value is -1.75. The molecular formula is C15H21N3O2. The molecule has 108 valence electrons. The van der Waals surface area contributed by atoms with E-state index in [0.717, 1.165) is 37.3 Å². The largest absolute Gasteiger partial charge is 0.396 e. The van der Waals surface area contributed by atoms with Gasteiger partial charge in [0.05, 0.1) is 11.4 Å². The highest BCUT2D eigenvalue weighted by molar-refractivity contribution is 5.88. The molecule has 1 amide bonds. The number of aliphatic hydroxyl groups is 1. The molecule has 1 atom stereocenters. The van der Waals surface area contributed by atoms with Crippen LogP contribution in [0.3, 0.4) is 0 Å². The van der Waals surface area contributed by atoms with Crippen LogP contribution in [0.1, 0.15) is 12.8 Å². The molecule has 1 unspecified atom stereocenters. The SMILES string of the molecule is O=C(C1CNc2ccccc2N1)N1CCC(CO)CC1. The number of carbonyl (C=O) groups is 1. The zero-order chi connectivity index (χ0) is 13.9. The monoisotopic (exact) mass is 275 g/mol. The number of carbonyl (C=O) groups excluding carboxylic acids is 1. The van der Waals surface area contributed by atoms with Crippen LogP contribution in [0.5, 0.6) is 0 Å². The lowest BCUT2D eigenvalue weighted by Gasteiger charge is -2.36. The van der Waals surface area contributed by atoms with E-state index in [-0.39, 0.29) is 18.6 Å². The molecule has 0 radical (unpaired) electrons. The molecule has 2 aliphatic heterocycles. The van der Waals surface area contributed by atoms with Gasteiger partial charge in [0, 0.05) is 26.2 Å². The Bertz CT molecular complexity index is 484. The van der Waals surface area contributed by atoms with Crippen molar-refractivity contribution in [1.29, 1.82) is 0 Å². The highest BCUT2D eigenvalue weighted by Gasteiger charge is 2.30. The Kier molecular flexibility index (Phi) is 3.78. The smallest absolute Gasteiger partial charge is 0.246 e. The Morgan fingerprint density at radius 2 is 1.95 bits per heavy atom. The van der Waals surface area contributed by atoms with Gasteiger partial charge in [-0.15, -0.1) is 0 Å². The third kappa shape index (κ3) is 2.58. The number of nitrogens with zero attached hydrogens (tertiary/aromatic N) is 1. The Morgan fingerprint density at radius 1 is 1.25 bits per heavy atom. The lowest BCUT2D eigenvalue weighted by atomic mass is 9.97. The molecule has 5 nitrogen and oxygen atoms in total. The molecule has 0 spiro atoms. The standard InChI is InChI=1S/C15H21N3O2/c19-10-11-5-7-18(8-6-11)15(20)14-9-16-12-3-1-2-4-13(12)17-14/h1-4,11,14,16-17,19H,5-10H2. The first kappa shape index (κ1) is 13.2. The van der Waals surface area contributed by atoms with E-state index in [2.05, 4.69) is 10.6 Å². The maximum Gasteiger partial charge on any atom is 0.246 e. The second-order valence-electron chi connectivity index (χ2n) is 5.57. The molecule has 1 aromatic rings. The molecule has 2 heterocycles. The van der Waals surface area contributed by atoms with E-state index in [0.29, 0.717) is 12.5 Å². The number of piperidine rings is 1. The first-order valence-electron chi connectivity index (χ1n) is 7.27. The van der Waals surface area contributed by atoms with Crippen molar-refractivity contribution in [2.45, 2.75) is 18.9 Å². The van der Waals surface area contributed by atoms with Crippen LogP contribution in [0, 0.1) is 5.92 Å². The zero-order valence-corrected chi connectivity index (χ0v) is 11.5. The number of anilines is 2. The molecule has 5 heteroatoms. The van der Waals surface area contributed by atoms with Gasteiger partial charge in [-0.2, -0.15) is 0 Å². The molecular weight excluding hydrogens is 254 g/mol. The number of rotatable bonds is 2. The van der Waals surface area contributed by atoms with Gasteiger partial charge in [-0.25, -0.2) is 0 Å². The van der Waals surface area contributed by atoms with E-state index in [1.54, 1.807) is 0 Å². The number of amides is 1. The molecule has 0 aromatic heterocycles. The van der Waals surface area contributed by atoms with Gasteiger partial charge in [0.25, 0.3) is 0 Å². The fraction of sp³-hybridized carbons (Fsp3) is 0.533. The number of hydrogen-bond acceptors (Lipinski definition) is 4. The van der Waals surface area contributed by atoms with Crippen LogP contribution in [-0.4, -0.2) is 48.2 Å². The second-order valence-corrected chi connectivity index (χ2v) is 5.57. The second kappa shape index (κ2) is 5.71. The van der Waals surface area contributed by atoms with Gasteiger partial charge in [0.15, 0.2) is 0 Å². The highest BCUT2D eigenvalue weighted by Crippen LogP contribution is 2.26. The highest BCUT2D eigenvalue weighted by atomic mass is 16.3. The van der Waals surface area contributed by atoms with Crippen molar-refractivity contribution in [1.82, 2.24) is 4.90 Å². The van der Waals surface area contributed by atoms with Crippen LogP contribution in [-0.2, 0) is 4.79 Å². The zero-order valence-electron chi connectivity index (χ0n) is 11.5. The molecule has 20 heavy (non-hydrogen) atoms. The number of aliphatic hydroxyl groups excluding tert-OH is 1. The average Bonchev–Trinajstić information content (AvgIpc) is 2.54. The summed E-state index contributed by atoms with van der Waals surface area (Å²) < 4.78 is 0. The lowest BCUT2D eigenvalue weighted by molar-refractivity contribution is -0.133. The van der Waals surface area contributed by atoms with Gasteiger partial charge in [-0.1, -0.05) is 12.1 Å². The van der Waals surface area contributed by atoms with Crippen LogP contribution in [0.2, 0.25) is 0 Å². The van der Waals surface area contributed by atoms with Gasteiger partial charge >= 0.3 is 0 Å². The molecule has 3 rings (SSSR count). The number of para-hydroxylation sites is 2. The third-order valence-corrected chi connectivity index (χ3v) is 4.24. The van der Waals surface area contributed by atoms with Gasteiger partial charge in [0.1, 0.15) is 6.04 Å². The number of nitrogens with one attached hydrogen (secondary N) is 2. The molecule has 0 bridgehead atoms. The van der Waals surface area contributed by atoms with Crippen molar-refractivity contribution < 1.29 is 9.90 Å². The van der Waals surface area contributed by atoms with E-state index in [9.17, 15) is 4.79 Å². The van der Waals surface area contributed by atoms with E-state index in [4.69, 9.17) is 5.11 Å². The minimum atomic E-state index is -0.199. The topological polar surface area (TPSA) is 64.6 Å². The summed E-state index contributed by atoms with van der Waals surface area (Å²) in [6.45, 7) is 2.36. The van der Waals surface area contributed by atoms with Crippen LogP contribution < -0.4 is 10.6 Å². The molecule has 1 fully saturated rings. The quantitative estimate of drug-likeness (QED) is 0.757. The summed E-state index contributed by atoms with van der Waals surface area (Å²) in [5.74, 6) is 0.514. The summed E-state index contributed by atoms with van der Waals surface area (Å²) in [5.41, 5.74) is 2.04. The summed E-state index contributed by atoms with van der Waals surface area (Å²) in [5, 5.41) is 15.8. The van der Waals surface area contributed by atoms with Gasteiger partial charge < -0.3 is 20.6 Å². The third-order valence-electron chi connectivity index (χ3n) is 4.24. The fourth-order valence-corrected chi connectivity index (χ4v) is 2.92. The van der Waals surface area contributed by atoms with Crippen molar-refractivity contribution in [2.75, 3.05) is 36.9 Å². The van der Waals surface area contributed by atoms with Crippen LogP contribution in [0.25, 0.3) is 0 Å². The maximum absolute atomic E-state index is 12.5. The molecule has 3 N–H and O–H groups in total. The van der Waals surface area contributed by atoms with E-state index in [1.807, 2.05) is 29.2 Å². The predicted octanol–water partition coefficient (Wildman–Crippen LogP) is 1.12. The number of hydrogen-bond donors (Lipinski definition) is 3. The first-order chi connectivity index (χ1) is 9.78. The molecule has 0 aliphatic carbocycles. The minimum Gasteiger partial charge on any atom is -0.396 e. The van der Waals surface area contributed by atoms with Crippen molar-refractivity contribution in [3.8, 4) is 0 Å². The fourth-order valence-electron chi connectivity index (χ4n) is 2.92. The molecule has 1 aromatic carbocycles.